The quantitative estimate of drug-likeness (QED) is 0.808. The van der Waals surface area contributed by atoms with E-state index in [4.69, 9.17) is 0 Å². The van der Waals surface area contributed by atoms with Crippen molar-refractivity contribution in [2.75, 3.05) is 19.6 Å². The van der Waals surface area contributed by atoms with E-state index in [0.717, 1.165) is 30.5 Å². The fraction of sp³-hybridized carbons (Fsp3) is 1.00. The van der Waals surface area contributed by atoms with Gasteiger partial charge in [-0.2, -0.15) is 0 Å². The van der Waals surface area contributed by atoms with Gasteiger partial charge in [0, 0.05) is 12.1 Å². The lowest BCUT2D eigenvalue weighted by molar-refractivity contribution is 0.119. The summed E-state index contributed by atoms with van der Waals surface area (Å²) in [5, 5.41) is 3.68. The summed E-state index contributed by atoms with van der Waals surface area (Å²) in [6.07, 6.45) is 8.53. The van der Waals surface area contributed by atoms with E-state index < -0.39 is 0 Å². The van der Waals surface area contributed by atoms with E-state index >= 15 is 0 Å². The van der Waals surface area contributed by atoms with Gasteiger partial charge in [0.15, 0.2) is 0 Å². The number of piperidine rings is 1. The molecule has 18 heavy (non-hydrogen) atoms. The van der Waals surface area contributed by atoms with Crippen LogP contribution in [-0.2, 0) is 0 Å². The second kappa shape index (κ2) is 6.91. The maximum absolute atomic E-state index is 3.68. The van der Waals surface area contributed by atoms with Crippen molar-refractivity contribution in [1.82, 2.24) is 10.2 Å². The molecule has 2 nitrogen and oxygen atoms in total. The lowest BCUT2D eigenvalue weighted by atomic mass is 9.92. The highest BCUT2D eigenvalue weighted by atomic mass is 15.2. The van der Waals surface area contributed by atoms with Gasteiger partial charge in [0.2, 0.25) is 0 Å². The monoisotopic (exact) mass is 252 g/mol. The second-order valence-electron chi connectivity index (χ2n) is 6.66. The molecule has 2 heteroatoms. The van der Waals surface area contributed by atoms with Crippen LogP contribution >= 0.6 is 0 Å². The Bertz CT molecular complexity index is 239. The Hall–Kier alpha value is -0.0800. The number of likely N-dealkylation sites (tertiary alicyclic amines) is 1. The first-order valence-electron chi connectivity index (χ1n) is 8.18. The second-order valence-corrected chi connectivity index (χ2v) is 6.66. The topological polar surface area (TPSA) is 15.3 Å². The largest absolute Gasteiger partial charge is 0.314 e. The number of rotatable bonds is 5. The predicted molar refractivity (Wildman–Crippen MR) is 78.9 cm³/mol. The van der Waals surface area contributed by atoms with Gasteiger partial charge in [0.05, 0.1) is 0 Å². The molecule has 0 radical (unpaired) electrons. The molecular formula is C16H32N2. The van der Waals surface area contributed by atoms with Gasteiger partial charge in [0.1, 0.15) is 0 Å². The van der Waals surface area contributed by atoms with Crippen LogP contribution in [0.4, 0.5) is 0 Å². The number of nitrogens with one attached hydrogen (secondary N) is 1. The Labute approximate surface area is 114 Å². The Morgan fingerprint density at radius 1 is 1.17 bits per heavy atom. The molecule has 1 aliphatic heterocycles. The van der Waals surface area contributed by atoms with Crippen molar-refractivity contribution in [3.8, 4) is 0 Å². The SMILES string of the molecule is CCNC1CCCC1CCN1CCC(C)CC1C. The van der Waals surface area contributed by atoms with Crippen molar-refractivity contribution in [3.05, 3.63) is 0 Å². The van der Waals surface area contributed by atoms with Crippen LogP contribution < -0.4 is 5.32 Å². The normalized spacial score (nSPS) is 38.2. The first kappa shape index (κ1) is 14.3. The molecule has 1 saturated carbocycles. The predicted octanol–water partition coefficient (Wildman–Crippen LogP) is 3.28. The van der Waals surface area contributed by atoms with Gasteiger partial charge in [-0.3, -0.25) is 0 Å². The van der Waals surface area contributed by atoms with Crippen LogP contribution in [0.5, 0.6) is 0 Å². The van der Waals surface area contributed by atoms with Gasteiger partial charge in [-0.05, 0) is 70.5 Å². The Balaban J connectivity index is 1.73. The standard InChI is InChI=1S/C16H32N2/c1-4-17-16-7-5-6-15(16)9-11-18-10-8-13(2)12-14(18)3/h13-17H,4-12H2,1-3H3. The zero-order valence-corrected chi connectivity index (χ0v) is 12.6. The fourth-order valence-corrected chi connectivity index (χ4v) is 4.03. The first-order chi connectivity index (χ1) is 8.70. The molecule has 1 N–H and O–H groups in total. The summed E-state index contributed by atoms with van der Waals surface area (Å²) in [7, 11) is 0. The minimum Gasteiger partial charge on any atom is -0.314 e. The van der Waals surface area contributed by atoms with E-state index in [0.29, 0.717) is 0 Å². The third-order valence-electron chi connectivity index (χ3n) is 5.19. The van der Waals surface area contributed by atoms with E-state index in [-0.39, 0.29) is 0 Å². The van der Waals surface area contributed by atoms with Crippen LogP contribution in [0.1, 0.15) is 59.3 Å². The summed E-state index contributed by atoms with van der Waals surface area (Å²) in [6.45, 7) is 10.9. The first-order valence-corrected chi connectivity index (χ1v) is 8.18. The lowest BCUT2D eigenvalue weighted by Gasteiger charge is -2.37. The van der Waals surface area contributed by atoms with Crippen molar-refractivity contribution < 1.29 is 0 Å². The summed E-state index contributed by atoms with van der Waals surface area (Å²) >= 11 is 0. The maximum atomic E-state index is 3.68. The number of hydrogen-bond donors (Lipinski definition) is 1. The van der Waals surface area contributed by atoms with Crippen molar-refractivity contribution in [2.45, 2.75) is 71.4 Å². The molecule has 1 aliphatic carbocycles. The van der Waals surface area contributed by atoms with Crippen molar-refractivity contribution in [3.63, 3.8) is 0 Å². The Morgan fingerprint density at radius 3 is 2.72 bits per heavy atom. The average molecular weight is 252 g/mol. The Morgan fingerprint density at radius 2 is 2.00 bits per heavy atom. The van der Waals surface area contributed by atoms with Gasteiger partial charge >= 0.3 is 0 Å². The van der Waals surface area contributed by atoms with Crippen LogP contribution in [0.3, 0.4) is 0 Å². The van der Waals surface area contributed by atoms with Crippen LogP contribution in [0.25, 0.3) is 0 Å². The highest BCUT2D eigenvalue weighted by Crippen LogP contribution is 2.30. The van der Waals surface area contributed by atoms with E-state index in [1.54, 1.807) is 0 Å². The van der Waals surface area contributed by atoms with Crippen molar-refractivity contribution in [2.24, 2.45) is 11.8 Å². The van der Waals surface area contributed by atoms with Crippen LogP contribution in [0, 0.1) is 11.8 Å². The summed E-state index contributed by atoms with van der Waals surface area (Å²) < 4.78 is 0. The molecule has 0 bridgehead atoms. The van der Waals surface area contributed by atoms with Gasteiger partial charge in [0.25, 0.3) is 0 Å². The van der Waals surface area contributed by atoms with Gasteiger partial charge in [-0.1, -0.05) is 20.3 Å². The maximum Gasteiger partial charge on any atom is 0.00956 e. The van der Waals surface area contributed by atoms with E-state index in [2.05, 4.69) is 31.0 Å². The molecule has 0 amide bonds. The molecule has 106 valence electrons. The summed E-state index contributed by atoms with van der Waals surface area (Å²) in [5.41, 5.74) is 0. The molecule has 0 spiro atoms. The van der Waals surface area contributed by atoms with E-state index in [9.17, 15) is 0 Å². The highest BCUT2D eigenvalue weighted by Gasteiger charge is 2.28. The van der Waals surface area contributed by atoms with Crippen LogP contribution in [0.2, 0.25) is 0 Å². The number of nitrogens with zero attached hydrogens (tertiary/aromatic N) is 1. The van der Waals surface area contributed by atoms with Crippen molar-refractivity contribution >= 4 is 0 Å². The van der Waals surface area contributed by atoms with Crippen LogP contribution in [-0.4, -0.2) is 36.6 Å². The zero-order valence-electron chi connectivity index (χ0n) is 12.6. The molecule has 1 heterocycles. The van der Waals surface area contributed by atoms with E-state index in [1.165, 1.54) is 51.6 Å². The third-order valence-corrected chi connectivity index (χ3v) is 5.19. The van der Waals surface area contributed by atoms with Gasteiger partial charge < -0.3 is 10.2 Å². The molecule has 4 unspecified atom stereocenters. The zero-order chi connectivity index (χ0) is 13.0. The van der Waals surface area contributed by atoms with Crippen molar-refractivity contribution in [1.29, 1.82) is 0 Å². The van der Waals surface area contributed by atoms with Crippen LogP contribution in [0.15, 0.2) is 0 Å². The fourth-order valence-electron chi connectivity index (χ4n) is 4.03. The minimum atomic E-state index is 0.813. The van der Waals surface area contributed by atoms with Gasteiger partial charge in [-0.25, -0.2) is 0 Å². The molecule has 2 aliphatic rings. The molecule has 0 aromatic rings. The molecule has 2 rings (SSSR count). The molecule has 4 atom stereocenters. The molecule has 0 aromatic carbocycles. The minimum absolute atomic E-state index is 0.813. The summed E-state index contributed by atoms with van der Waals surface area (Å²) in [4.78, 5) is 2.74. The summed E-state index contributed by atoms with van der Waals surface area (Å²) in [6, 6.07) is 1.63. The smallest absolute Gasteiger partial charge is 0.00956 e. The molecule has 2 fully saturated rings. The Kier molecular flexibility index (Phi) is 5.50. The molecule has 0 aromatic heterocycles. The lowest BCUT2D eigenvalue weighted by Crippen LogP contribution is -2.42. The van der Waals surface area contributed by atoms with E-state index in [1.807, 2.05) is 0 Å². The average Bonchev–Trinajstić information content (AvgIpc) is 2.76. The molecule has 1 saturated heterocycles. The number of hydrogen-bond acceptors (Lipinski definition) is 2. The molecular weight excluding hydrogens is 220 g/mol. The highest BCUT2D eigenvalue weighted by molar-refractivity contribution is 4.85. The third kappa shape index (κ3) is 3.71. The van der Waals surface area contributed by atoms with Gasteiger partial charge in [-0.15, -0.1) is 0 Å². The summed E-state index contributed by atoms with van der Waals surface area (Å²) in [5.74, 6) is 1.88.